The quantitative estimate of drug-likeness (QED) is 0.517. The van der Waals surface area contributed by atoms with Crippen LogP contribution in [-0.4, -0.2) is 36.5 Å². The molecule has 1 atom stereocenters. The van der Waals surface area contributed by atoms with E-state index in [1.165, 1.54) is 13.8 Å². The number of esters is 1. The van der Waals surface area contributed by atoms with E-state index in [0.717, 1.165) is 0 Å². The van der Waals surface area contributed by atoms with Crippen LogP contribution in [0.1, 0.15) is 13.8 Å². The molecule has 6 heteroatoms. The van der Waals surface area contributed by atoms with Crippen molar-refractivity contribution in [2.45, 2.75) is 26.1 Å². The van der Waals surface area contributed by atoms with Crippen LogP contribution in [0.15, 0.2) is 0 Å². The molecule has 0 bridgehead atoms. The number of carbonyl (C=O) groups is 1. The first-order valence-electron chi connectivity index (χ1n) is 3.81. The van der Waals surface area contributed by atoms with Crippen molar-refractivity contribution in [2.75, 3.05) is 13.2 Å². The maximum absolute atomic E-state index is 12.7. The first-order chi connectivity index (χ1) is 5.96. The van der Waals surface area contributed by atoms with Gasteiger partial charge in [0.15, 0.2) is 0 Å². The summed E-state index contributed by atoms with van der Waals surface area (Å²) in [6.45, 7) is 2.52. The van der Waals surface area contributed by atoms with E-state index in [2.05, 4.69) is 9.47 Å². The van der Waals surface area contributed by atoms with Gasteiger partial charge < -0.3 is 14.6 Å². The molecule has 0 heterocycles. The minimum absolute atomic E-state index is 0.115. The Bertz CT molecular complexity index is 172. The third-order valence-corrected chi connectivity index (χ3v) is 1.18. The van der Waals surface area contributed by atoms with E-state index >= 15 is 0 Å². The molecular formula is C7H12F2O4. The smallest absolute Gasteiger partial charge is 0.392 e. The van der Waals surface area contributed by atoms with E-state index in [1.54, 1.807) is 0 Å². The van der Waals surface area contributed by atoms with Crippen LogP contribution in [0.3, 0.4) is 0 Å². The highest BCUT2D eigenvalue weighted by molar-refractivity contribution is 5.78. The van der Waals surface area contributed by atoms with E-state index in [4.69, 9.17) is 5.11 Å². The molecule has 0 aliphatic heterocycles. The lowest BCUT2D eigenvalue weighted by Crippen LogP contribution is -2.44. The lowest BCUT2D eigenvalue weighted by molar-refractivity contribution is -0.241. The highest BCUT2D eigenvalue weighted by Gasteiger charge is 2.49. The predicted octanol–water partition coefficient (Wildman–Crippen LogP) is 0.540. The van der Waals surface area contributed by atoms with Gasteiger partial charge in [0.05, 0.1) is 6.61 Å². The molecule has 0 aromatic heterocycles. The number of ether oxygens (including phenoxy) is 2. The number of alkyl halides is 2. The van der Waals surface area contributed by atoms with Crippen molar-refractivity contribution in [1.29, 1.82) is 0 Å². The average Bonchev–Trinajstić information content (AvgIpc) is 2.05. The first-order valence-corrected chi connectivity index (χ1v) is 3.81. The second kappa shape index (κ2) is 5.08. The predicted molar refractivity (Wildman–Crippen MR) is 39.2 cm³/mol. The van der Waals surface area contributed by atoms with Crippen molar-refractivity contribution in [3.63, 3.8) is 0 Å². The molecule has 0 aromatic carbocycles. The van der Waals surface area contributed by atoms with E-state index in [1.807, 2.05) is 0 Å². The van der Waals surface area contributed by atoms with Gasteiger partial charge in [-0.05, 0) is 13.8 Å². The average molecular weight is 198 g/mol. The molecule has 0 unspecified atom stereocenters. The summed E-state index contributed by atoms with van der Waals surface area (Å²) < 4.78 is 33.7. The van der Waals surface area contributed by atoms with E-state index in [9.17, 15) is 13.6 Å². The fourth-order valence-electron chi connectivity index (χ4n) is 0.591. The molecule has 0 radical (unpaired) electrons. The number of aliphatic hydroxyl groups is 1. The molecule has 0 aliphatic carbocycles. The van der Waals surface area contributed by atoms with Gasteiger partial charge in [-0.2, -0.15) is 8.78 Å². The molecule has 0 spiro atoms. The highest BCUT2D eigenvalue weighted by Crippen LogP contribution is 2.21. The maximum atomic E-state index is 12.7. The van der Waals surface area contributed by atoms with E-state index in [-0.39, 0.29) is 13.2 Å². The van der Waals surface area contributed by atoms with Crippen LogP contribution in [0, 0.1) is 0 Å². The van der Waals surface area contributed by atoms with Gasteiger partial charge in [-0.1, -0.05) is 0 Å². The molecule has 0 saturated heterocycles. The van der Waals surface area contributed by atoms with Gasteiger partial charge in [0, 0.05) is 6.61 Å². The topological polar surface area (TPSA) is 55.8 Å². The molecule has 0 rings (SSSR count). The number of aliphatic hydroxyl groups excluding tert-OH is 1. The zero-order chi connectivity index (χ0) is 10.5. The molecule has 0 aromatic rings. The zero-order valence-corrected chi connectivity index (χ0v) is 7.42. The summed E-state index contributed by atoms with van der Waals surface area (Å²) in [6, 6.07) is 0. The number of carbonyl (C=O) groups excluding carboxylic acids is 1. The van der Waals surface area contributed by atoms with Crippen LogP contribution in [0.2, 0.25) is 0 Å². The molecule has 4 nitrogen and oxygen atoms in total. The standard InChI is InChI=1S/C7H12F2O4/c1-3-12-5(10)7(8,9)6(11)13-4-2/h5,10H,3-4H2,1-2H3/t5-/m1/s1. The molecular weight excluding hydrogens is 186 g/mol. The Labute approximate surface area is 74.4 Å². The van der Waals surface area contributed by atoms with Crippen molar-refractivity contribution in [3.05, 3.63) is 0 Å². The third kappa shape index (κ3) is 3.23. The summed E-state index contributed by atoms with van der Waals surface area (Å²) >= 11 is 0. The Morgan fingerprint density at radius 1 is 1.46 bits per heavy atom. The van der Waals surface area contributed by atoms with Crippen LogP contribution in [0.5, 0.6) is 0 Å². The SMILES string of the molecule is CCOC(=O)C(F)(F)[C@H](O)OCC. The lowest BCUT2D eigenvalue weighted by Gasteiger charge is -2.19. The molecule has 0 amide bonds. The van der Waals surface area contributed by atoms with Gasteiger partial charge >= 0.3 is 11.9 Å². The minimum Gasteiger partial charge on any atom is -0.461 e. The molecule has 1 N–H and O–H groups in total. The molecule has 13 heavy (non-hydrogen) atoms. The van der Waals surface area contributed by atoms with Crippen LogP contribution < -0.4 is 0 Å². The molecule has 0 fully saturated rings. The van der Waals surface area contributed by atoms with Gasteiger partial charge in [-0.25, -0.2) is 4.79 Å². The summed E-state index contributed by atoms with van der Waals surface area (Å²) in [5, 5.41) is 8.70. The summed E-state index contributed by atoms with van der Waals surface area (Å²) in [6.07, 6.45) is -2.45. The fraction of sp³-hybridized carbons (Fsp3) is 0.857. The summed E-state index contributed by atoms with van der Waals surface area (Å²) in [4.78, 5) is 10.6. The fourth-order valence-corrected chi connectivity index (χ4v) is 0.591. The van der Waals surface area contributed by atoms with Crippen molar-refractivity contribution < 1.29 is 28.2 Å². The first kappa shape index (κ1) is 12.2. The normalized spacial score (nSPS) is 13.9. The Morgan fingerprint density at radius 2 is 2.00 bits per heavy atom. The van der Waals surface area contributed by atoms with Crippen molar-refractivity contribution in [2.24, 2.45) is 0 Å². The Morgan fingerprint density at radius 3 is 2.38 bits per heavy atom. The largest absolute Gasteiger partial charge is 0.461 e. The van der Waals surface area contributed by atoms with Gasteiger partial charge in [0.25, 0.3) is 0 Å². The Balaban J connectivity index is 4.26. The Kier molecular flexibility index (Phi) is 4.79. The van der Waals surface area contributed by atoms with Gasteiger partial charge in [-0.3, -0.25) is 0 Å². The number of halogens is 2. The van der Waals surface area contributed by atoms with Crippen LogP contribution in [-0.2, 0) is 14.3 Å². The van der Waals surface area contributed by atoms with Crippen LogP contribution >= 0.6 is 0 Å². The minimum atomic E-state index is -4.01. The van der Waals surface area contributed by atoms with Gasteiger partial charge in [0.1, 0.15) is 0 Å². The highest BCUT2D eigenvalue weighted by atomic mass is 19.3. The summed E-state index contributed by atoms with van der Waals surface area (Å²) in [7, 11) is 0. The number of hydrogen-bond acceptors (Lipinski definition) is 4. The van der Waals surface area contributed by atoms with E-state index < -0.39 is 18.2 Å². The number of hydrogen-bond donors (Lipinski definition) is 1. The maximum Gasteiger partial charge on any atom is 0.392 e. The second-order valence-electron chi connectivity index (χ2n) is 2.15. The Hall–Kier alpha value is -0.750. The van der Waals surface area contributed by atoms with Gasteiger partial charge in [-0.15, -0.1) is 0 Å². The van der Waals surface area contributed by atoms with Gasteiger partial charge in [0.2, 0.25) is 6.29 Å². The monoisotopic (exact) mass is 198 g/mol. The van der Waals surface area contributed by atoms with Crippen LogP contribution in [0.25, 0.3) is 0 Å². The molecule has 78 valence electrons. The zero-order valence-electron chi connectivity index (χ0n) is 7.42. The number of rotatable bonds is 5. The lowest BCUT2D eigenvalue weighted by atomic mass is 10.3. The van der Waals surface area contributed by atoms with E-state index in [0.29, 0.717) is 0 Å². The van der Waals surface area contributed by atoms with Crippen molar-refractivity contribution in [3.8, 4) is 0 Å². The second-order valence-corrected chi connectivity index (χ2v) is 2.15. The summed E-state index contributed by atoms with van der Waals surface area (Å²) in [5.74, 6) is -5.79. The third-order valence-electron chi connectivity index (χ3n) is 1.18. The molecule has 0 aliphatic rings. The van der Waals surface area contributed by atoms with Crippen molar-refractivity contribution >= 4 is 5.97 Å². The van der Waals surface area contributed by atoms with Crippen molar-refractivity contribution in [1.82, 2.24) is 0 Å². The summed E-state index contributed by atoms with van der Waals surface area (Å²) in [5.41, 5.74) is 0. The molecule has 0 saturated carbocycles. The van der Waals surface area contributed by atoms with Crippen LogP contribution in [0.4, 0.5) is 8.78 Å².